The minimum atomic E-state index is -1.77. The molecule has 0 nitrogen and oxygen atoms in total. The van der Waals surface area contributed by atoms with Crippen molar-refractivity contribution >= 4 is 17.2 Å². The fraction of sp³-hybridized carbons (Fsp3) is 1.00. The number of hydrogen-bond donors (Lipinski definition) is 0. The molecule has 0 unspecified atom stereocenters. The van der Waals surface area contributed by atoms with Gasteiger partial charge in [0.15, 0.2) is 0 Å². The quantitative estimate of drug-likeness (QED) is 0.0584. The third kappa shape index (κ3) is 36.7. The van der Waals surface area contributed by atoms with E-state index in [9.17, 15) is 0 Å². The minimum absolute atomic E-state index is 1.26. The van der Waals surface area contributed by atoms with Crippen LogP contribution in [0.1, 0.15) is 200 Å². The van der Waals surface area contributed by atoms with Crippen LogP contribution in [-0.2, 0) is 0 Å². The predicted molar refractivity (Wildman–Crippen MR) is 180 cm³/mol. The van der Waals surface area contributed by atoms with Crippen molar-refractivity contribution in [3.05, 3.63) is 0 Å². The van der Waals surface area contributed by atoms with E-state index in [4.69, 9.17) is 11.2 Å². The second-order valence-corrected chi connectivity index (χ2v) is 23.9. The summed E-state index contributed by atoms with van der Waals surface area (Å²) in [6, 6.07) is 0. The molecular formula is C35H74ClP. The van der Waals surface area contributed by atoms with Crippen molar-refractivity contribution in [2.45, 2.75) is 200 Å². The van der Waals surface area contributed by atoms with E-state index < -0.39 is 5.96 Å². The van der Waals surface area contributed by atoms with E-state index in [1.165, 1.54) is 199 Å². The van der Waals surface area contributed by atoms with Gasteiger partial charge >= 0.3 is 114 Å². The van der Waals surface area contributed by atoms with Crippen LogP contribution in [0.4, 0.5) is 0 Å². The summed E-state index contributed by atoms with van der Waals surface area (Å²) in [5.74, 6) is -1.77. The molecule has 0 aromatic carbocycles. The summed E-state index contributed by atoms with van der Waals surface area (Å²) in [4.78, 5) is 0. The number of hydrogen-bond acceptors (Lipinski definition) is 0. The van der Waals surface area contributed by atoms with E-state index in [1.54, 1.807) is 0 Å². The molecule has 0 radical (unpaired) electrons. The Balaban J connectivity index is 3.07. The molecule has 0 aromatic heterocycles. The van der Waals surface area contributed by atoms with Crippen molar-refractivity contribution in [1.29, 1.82) is 0 Å². The van der Waals surface area contributed by atoms with E-state index in [0.717, 1.165) is 0 Å². The Morgan fingerprint density at radius 2 is 0.459 bits per heavy atom. The second-order valence-electron chi connectivity index (χ2n) is 13.9. The van der Waals surface area contributed by atoms with E-state index in [2.05, 4.69) is 26.9 Å². The van der Waals surface area contributed by atoms with Gasteiger partial charge in [-0.2, -0.15) is 0 Å². The first-order valence-electron chi connectivity index (χ1n) is 17.5. The summed E-state index contributed by atoms with van der Waals surface area (Å²) in [7, 11) is 0. The Kier molecular flexibility index (Phi) is 27.4. The molecule has 0 aromatic rings. The molecule has 0 atom stereocenters. The second kappa shape index (κ2) is 26.9. The van der Waals surface area contributed by atoms with Gasteiger partial charge in [-0.05, 0) is 0 Å². The van der Waals surface area contributed by atoms with E-state index in [1.807, 2.05) is 0 Å². The molecule has 0 bridgehead atoms. The fourth-order valence-corrected chi connectivity index (χ4v) is 7.32. The monoisotopic (exact) mass is 561 g/mol. The summed E-state index contributed by atoms with van der Waals surface area (Å²) in [5.41, 5.74) is 0. The van der Waals surface area contributed by atoms with Crippen molar-refractivity contribution in [2.75, 3.05) is 26.2 Å². The molecule has 0 saturated heterocycles. The van der Waals surface area contributed by atoms with Gasteiger partial charge < -0.3 is 0 Å². The van der Waals surface area contributed by atoms with Gasteiger partial charge in [0.25, 0.3) is 0 Å². The molecule has 226 valence electrons. The van der Waals surface area contributed by atoms with Crippen LogP contribution in [0, 0.1) is 0 Å². The molecule has 0 aliphatic rings. The summed E-state index contributed by atoms with van der Waals surface area (Å²) >= 11 is 6.64. The van der Waals surface area contributed by atoms with E-state index in [-0.39, 0.29) is 0 Å². The number of rotatable bonds is 31. The molecule has 0 N–H and O–H groups in total. The molecule has 0 aliphatic carbocycles. The topological polar surface area (TPSA) is 0 Å². The van der Waals surface area contributed by atoms with Gasteiger partial charge in [-0.25, -0.2) is 0 Å². The zero-order valence-corrected chi connectivity index (χ0v) is 28.4. The first-order chi connectivity index (χ1) is 17.8. The average Bonchev–Trinajstić information content (AvgIpc) is 2.84. The average molecular weight is 561 g/mol. The molecule has 0 saturated carbocycles. The molecule has 0 amide bonds. The van der Waals surface area contributed by atoms with Crippen LogP contribution in [0.5, 0.6) is 0 Å². The molecular weight excluding hydrogens is 487 g/mol. The summed E-state index contributed by atoms with van der Waals surface area (Å²) in [6.07, 6.45) is 45.2. The number of halogens is 1. The van der Waals surface area contributed by atoms with Crippen molar-refractivity contribution in [3.8, 4) is 0 Å². The van der Waals surface area contributed by atoms with Crippen LogP contribution in [0.15, 0.2) is 0 Å². The van der Waals surface area contributed by atoms with Crippen LogP contribution in [0.3, 0.4) is 0 Å². The zero-order valence-electron chi connectivity index (χ0n) is 26.7. The molecule has 0 aliphatic heterocycles. The maximum absolute atomic E-state index is 6.64. The van der Waals surface area contributed by atoms with E-state index in [0.29, 0.717) is 0 Å². The third-order valence-corrected chi connectivity index (χ3v) is 10.6. The van der Waals surface area contributed by atoms with Crippen LogP contribution >= 0.6 is 17.2 Å². The van der Waals surface area contributed by atoms with Crippen LogP contribution < -0.4 is 0 Å². The first-order valence-corrected chi connectivity index (χ1v) is 22.2. The Hall–Kier alpha value is 0.720. The van der Waals surface area contributed by atoms with Gasteiger partial charge in [0.05, 0.1) is 0 Å². The predicted octanol–water partition coefficient (Wildman–Crippen LogP) is 14.3. The van der Waals surface area contributed by atoms with Gasteiger partial charge in [0.2, 0.25) is 0 Å². The standard InChI is InChI=1S/C35H74ClP/c1-5-6-7-8-9-10-11-12-13-14-15-16-17-18-19-20-21-22-23-24-25-26-27-28-29-30-31-32-33-34-35-37(2,3,4)36/h5-35H2,1-4H3. The molecule has 0 spiro atoms. The van der Waals surface area contributed by atoms with Crippen molar-refractivity contribution < 1.29 is 0 Å². The molecule has 0 heterocycles. The van der Waals surface area contributed by atoms with E-state index >= 15 is 0 Å². The summed E-state index contributed by atoms with van der Waals surface area (Å²) in [6.45, 7) is 9.17. The Morgan fingerprint density at radius 3 is 0.622 bits per heavy atom. The molecule has 37 heavy (non-hydrogen) atoms. The van der Waals surface area contributed by atoms with Gasteiger partial charge in [0, 0.05) is 0 Å². The third-order valence-electron chi connectivity index (χ3n) is 8.27. The Labute approximate surface area is 242 Å². The van der Waals surface area contributed by atoms with Gasteiger partial charge in [0.1, 0.15) is 0 Å². The Bertz CT molecular complexity index is 429. The number of unbranched alkanes of at least 4 members (excludes halogenated alkanes) is 29. The summed E-state index contributed by atoms with van der Waals surface area (Å²) < 4.78 is 0. The van der Waals surface area contributed by atoms with Crippen molar-refractivity contribution in [3.63, 3.8) is 0 Å². The molecule has 0 rings (SSSR count). The van der Waals surface area contributed by atoms with Crippen LogP contribution in [0.25, 0.3) is 0 Å². The fourth-order valence-electron chi connectivity index (χ4n) is 5.67. The van der Waals surface area contributed by atoms with Crippen LogP contribution in [-0.4, -0.2) is 26.2 Å². The Morgan fingerprint density at radius 1 is 0.297 bits per heavy atom. The van der Waals surface area contributed by atoms with Crippen molar-refractivity contribution in [1.82, 2.24) is 0 Å². The first kappa shape index (κ1) is 37.7. The molecule has 0 fully saturated rings. The SMILES string of the molecule is CCCCCCCCCCCCCCCCCCCCCCCCCCCCCCCCP(C)(C)(C)Cl. The zero-order chi connectivity index (χ0) is 27.4. The summed E-state index contributed by atoms with van der Waals surface area (Å²) in [5, 5.41) is 0. The van der Waals surface area contributed by atoms with Gasteiger partial charge in [-0.1, -0.05) is 129 Å². The normalized spacial score (nSPS) is 13.2. The van der Waals surface area contributed by atoms with Crippen LogP contribution in [0.2, 0.25) is 0 Å². The van der Waals surface area contributed by atoms with Gasteiger partial charge in [-0.15, -0.1) is 0 Å². The van der Waals surface area contributed by atoms with Gasteiger partial charge in [-0.3, -0.25) is 0 Å². The maximum atomic E-state index is 6.64. The molecule has 2 heteroatoms. The van der Waals surface area contributed by atoms with Crippen molar-refractivity contribution in [2.24, 2.45) is 0 Å².